The average Bonchev–Trinajstić information content (AvgIpc) is 3.14. The second-order valence-corrected chi connectivity index (χ2v) is 7.13. The Bertz CT molecular complexity index is 696. The smallest absolute Gasteiger partial charge is 0.246 e. The maximum atomic E-state index is 12.2. The molecule has 2 aromatic rings. The molecule has 1 aliphatic rings. The number of hydrogen-bond donors (Lipinski definition) is 0. The van der Waals surface area contributed by atoms with Crippen LogP contribution in [0.5, 0.6) is 0 Å². The van der Waals surface area contributed by atoms with Gasteiger partial charge in [-0.2, -0.15) is 0 Å². The van der Waals surface area contributed by atoms with Crippen LogP contribution in [0.25, 0.3) is 6.08 Å². The van der Waals surface area contributed by atoms with Crippen molar-refractivity contribution in [2.24, 2.45) is 0 Å². The molecule has 0 unspecified atom stereocenters. The lowest BCUT2D eigenvalue weighted by molar-refractivity contribution is -0.127. The van der Waals surface area contributed by atoms with E-state index in [2.05, 4.69) is 23.0 Å². The summed E-state index contributed by atoms with van der Waals surface area (Å²) in [5.41, 5.74) is 0.954. The first kappa shape index (κ1) is 16.0. The Kier molecular flexibility index (Phi) is 4.93. The maximum absolute atomic E-state index is 12.2. The van der Waals surface area contributed by atoms with Crippen LogP contribution in [0.2, 0.25) is 0 Å². The first-order chi connectivity index (χ1) is 11.1. The Morgan fingerprint density at radius 1 is 1.30 bits per heavy atom. The zero-order chi connectivity index (χ0) is 16.2. The van der Waals surface area contributed by atoms with E-state index in [1.54, 1.807) is 17.4 Å². The quantitative estimate of drug-likeness (QED) is 0.808. The van der Waals surface area contributed by atoms with Crippen LogP contribution >= 0.6 is 11.3 Å². The van der Waals surface area contributed by atoms with Gasteiger partial charge in [-0.1, -0.05) is 5.16 Å². The van der Waals surface area contributed by atoms with Gasteiger partial charge in [-0.25, -0.2) is 0 Å². The Hall–Kier alpha value is -1.92. The van der Waals surface area contributed by atoms with Gasteiger partial charge in [-0.15, -0.1) is 11.3 Å². The number of carbonyl (C=O) groups excluding carboxylic acids is 1. The van der Waals surface area contributed by atoms with Crippen LogP contribution in [0.1, 0.15) is 21.2 Å². The molecule has 1 aliphatic heterocycles. The van der Waals surface area contributed by atoms with E-state index in [4.69, 9.17) is 4.52 Å². The van der Waals surface area contributed by atoms with Gasteiger partial charge in [-0.3, -0.25) is 9.69 Å². The molecule has 0 atom stereocenters. The fourth-order valence-corrected chi connectivity index (χ4v) is 3.43. The molecule has 0 bridgehead atoms. The third kappa shape index (κ3) is 4.30. The van der Waals surface area contributed by atoms with Crippen molar-refractivity contribution in [3.8, 4) is 0 Å². The molecule has 0 saturated carbocycles. The Labute approximate surface area is 140 Å². The van der Waals surface area contributed by atoms with Crippen LogP contribution < -0.4 is 0 Å². The highest BCUT2D eigenvalue weighted by Gasteiger charge is 2.20. The lowest BCUT2D eigenvalue weighted by Crippen LogP contribution is -2.47. The van der Waals surface area contributed by atoms with E-state index in [9.17, 15) is 4.79 Å². The van der Waals surface area contributed by atoms with Crippen molar-refractivity contribution < 1.29 is 9.32 Å². The topological polar surface area (TPSA) is 49.6 Å². The number of carbonyl (C=O) groups is 1. The van der Waals surface area contributed by atoms with Crippen molar-refractivity contribution in [1.82, 2.24) is 15.0 Å². The van der Waals surface area contributed by atoms with Crippen molar-refractivity contribution in [1.29, 1.82) is 0 Å². The minimum atomic E-state index is 0.0907. The molecule has 3 rings (SSSR count). The lowest BCUT2D eigenvalue weighted by atomic mass is 10.2. The van der Waals surface area contributed by atoms with Gasteiger partial charge in [0, 0.05) is 54.6 Å². The van der Waals surface area contributed by atoms with Crippen LogP contribution in [0.3, 0.4) is 0 Å². The summed E-state index contributed by atoms with van der Waals surface area (Å²) in [6.07, 6.45) is 3.59. The second kappa shape index (κ2) is 7.10. The van der Waals surface area contributed by atoms with Crippen LogP contribution in [0.4, 0.5) is 0 Å². The summed E-state index contributed by atoms with van der Waals surface area (Å²) in [5.74, 6) is 0.927. The zero-order valence-electron chi connectivity index (χ0n) is 13.5. The van der Waals surface area contributed by atoms with Gasteiger partial charge in [0.05, 0.1) is 5.69 Å². The largest absolute Gasteiger partial charge is 0.361 e. The van der Waals surface area contributed by atoms with Crippen molar-refractivity contribution >= 4 is 23.3 Å². The van der Waals surface area contributed by atoms with E-state index in [-0.39, 0.29) is 5.91 Å². The van der Waals surface area contributed by atoms with E-state index in [0.29, 0.717) is 0 Å². The first-order valence-corrected chi connectivity index (χ1v) is 8.60. The molecule has 0 radical (unpaired) electrons. The molecule has 0 aliphatic carbocycles. The molecule has 2 aromatic heterocycles. The number of aryl methyl sites for hydroxylation is 2. The van der Waals surface area contributed by atoms with Crippen molar-refractivity contribution in [2.75, 3.05) is 26.2 Å². The molecule has 0 N–H and O–H groups in total. The number of piperazine rings is 1. The van der Waals surface area contributed by atoms with Crippen molar-refractivity contribution in [3.63, 3.8) is 0 Å². The van der Waals surface area contributed by atoms with Crippen LogP contribution in [-0.2, 0) is 11.3 Å². The Balaban J connectivity index is 1.48. The van der Waals surface area contributed by atoms with E-state index < -0.39 is 0 Å². The Morgan fingerprint density at radius 3 is 2.70 bits per heavy atom. The highest BCUT2D eigenvalue weighted by Crippen LogP contribution is 2.16. The fourth-order valence-electron chi connectivity index (χ4n) is 2.65. The summed E-state index contributed by atoms with van der Waals surface area (Å²) in [6, 6.07) is 6.07. The third-order valence-electron chi connectivity index (χ3n) is 3.90. The van der Waals surface area contributed by atoms with Gasteiger partial charge in [-0.05, 0) is 32.1 Å². The second-order valence-electron chi connectivity index (χ2n) is 5.81. The van der Waals surface area contributed by atoms with Crippen LogP contribution in [-0.4, -0.2) is 47.0 Å². The molecule has 0 aromatic carbocycles. The fraction of sp³-hybridized carbons (Fsp3) is 0.412. The third-order valence-corrected chi connectivity index (χ3v) is 4.86. The molecule has 6 heteroatoms. The summed E-state index contributed by atoms with van der Waals surface area (Å²) in [6.45, 7) is 7.98. The molecule has 3 heterocycles. The average molecular weight is 331 g/mol. The molecule has 1 amide bonds. The summed E-state index contributed by atoms with van der Waals surface area (Å²) in [4.78, 5) is 18.8. The van der Waals surface area contributed by atoms with Gasteiger partial charge < -0.3 is 9.42 Å². The Morgan fingerprint density at radius 2 is 2.09 bits per heavy atom. The number of amides is 1. The minimum Gasteiger partial charge on any atom is -0.361 e. The molecule has 1 saturated heterocycles. The van der Waals surface area contributed by atoms with Crippen molar-refractivity contribution in [2.45, 2.75) is 20.4 Å². The van der Waals surface area contributed by atoms with Gasteiger partial charge in [0.1, 0.15) is 5.76 Å². The van der Waals surface area contributed by atoms with E-state index in [0.717, 1.165) is 49.1 Å². The first-order valence-electron chi connectivity index (χ1n) is 7.78. The van der Waals surface area contributed by atoms with Crippen molar-refractivity contribution in [3.05, 3.63) is 45.5 Å². The number of thiophene rings is 1. The molecular formula is C17H21N3O2S. The standard InChI is InChI=1S/C17H21N3O2S/c1-13-11-15(18-22-13)12-19-7-9-20(10-8-19)17(21)6-5-16-4-3-14(2)23-16/h3-6,11H,7-10,12H2,1-2H3. The molecular weight excluding hydrogens is 310 g/mol. The SMILES string of the molecule is Cc1cc(CN2CCN(C(=O)C=Cc3ccc(C)s3)CC2)no1. The van der Waals surface area contributed by atoms with Crippen LogP contribution in [0.15, 0.2) is 28.8 Å². The predicted molar refractivity (Wildman–Crippen MR) is 91.2 cm³/mol. The normalized spacial score (nSPS) is 16.3. The number of hydrogen-bond acceptors (Lipinski definition) is 5. The zero-order valence-corrected chi connectivity index (χ0v) is 14.3. The molecule has 122 valence electrons. The van der Waals surface area contributed by atoms with Gasteiger partial charge in [0.2, 0.25) is 5.91 Å². The minimum absolute atomic E-state index is 0.0907. The molecule has 1 fully saturated rings. The summed E-state index contributed by atoms with van der Waals surface area (Å²) >= 11 is 1.70. The van der Waals surface area contributed by atoms with E-state index >= 15 is 0 Å². The highest BCUT2D eigenvalue weighted by molar-refractivity contribution is 7.12. The molecule has 5 nitrogen and oxygen atoms in total. The maximum Gasteiger partial charge on any atom is 0.246 e. The summed E-state index contributed by atoms with van der Waals surface area (Å²) in [7, 11) is 0. The summed E-state index contributed by atoms with van der Waals surface area (Å²) < 4.78 is 5.09. The van der Waals surface area contributed by atoms with Crippen LogP contribution in [0, 0.1) is 13.8 Å². The van der Waals surface area contributed by atoms with Gasteiger partial charge in [0.25, 0.3) is 0 Å². The van der Waals surface area contributed by atoms with Gasteiger partial charge >= 0.3 is 0 Å². The number of aromatic nitrogens is 1. The van der Waals surface area contributed by atoms with Gasteiger partial charge in [0.15, 0.2) is 0 Å². The number of nitrogens with zero attached hydrogens (tertiary/aromatic N) is 3. The molecule has 23 heavy (non-hydrogen) atoms. The highest BCUT2D eigenvalue weighted by atomic mass is 32.1. The summed E-state index contributed by atoms with van der Waals surface area (Å²) in [5, 5.41) is 4.02. The number of rotatable bonds is 4. The predicted octanol–water partition coefficient (Wildman–Crippen LogP) is 2.71. The molecule has 0 spiro atoms. The van der Waals surface area contributed by atoms with E-state index in [1.165, 1.54) is 4.88 Å². The van der Waals surface area contributed by atoms with E-state index in [1.807, 2.05) is 30.0 Å². The monoisotopic (exact) mass is 331 g/mol. The lowest BCUT2D eigenvalue weighted by Gasteiger charge is -2.33.